The number of hydrogen-bond acceptors (Lipinski definition) is 5. The van der Waals surface area contributed by atoms with Gasteiger partial charge in [-0.1, -0.05) is 48.0 Å². The SMILES string of the molecule is Cl.Clc1ccc(CNc2cc(N3CCC(Oc4ccccn4)C3)c3ccccc3n2)cc1. The summed E-state index contributed by atoms with van der Waals surface area (Å²) in [6.07, 6.45) is 2.84. The van der Waals surface area contributed by atoms with Crippen LogP contribution < -0.4 is 15.0 Å². The van der Waals surface area contributed by atoms with Crippen molar-refractivity contribution >= 4 is 46.4 Å². The third-order valence-electron chi connectivity index (χ3n) is 5.49. The predicted octanol–water partition coefficient (Wildman–Crippen LogP) is 5.97. The van der Waals surface area contributed by atoms with E-state index in [1.807, 2.05) is 48.5 Å². The standard InChI is InChI=1S/C25H23ClN4O.ClH/c26-19-10-8-18(9-11-19)16-28-24-15-23(21-5-1-2-6-22(21)29-24)30-14-12-20(17-30)31-25-7-3-4-13-27-25;/h1-11,13,15,20H,12,14,16-17H2,(H,28,29);1H. The summed E-state index contributed by atoms with van der Waals surface area (Å²) in [4.78, 5) is 11.5. The predicted molar refractivity (Wildman–Crippen MR) is 133 cm³/mol. The molecule has 1 aliphatic heterocycles. The van der Waals surface area contributed by atoms with Crippen molar-refractivity contribution in [3.8, 4) is 5.88 Å². The fourth-order valence-electron chi connectivity index (χ4n) is 3.93. The molecule has 3 heterocycles. The molecule has 5 nitrogen and oxygen atoms in total. The van der Waals surface area contributed by atoms with Crippen LogP contribution >= 0.6 is 24.0 Å². The Hall–Kier alpha value is -3.02. The van der Waals surface area contributed by atoms with Crippen LogP contribution in [0.4, 0.5) is 11.5 Å². The number of halogens is 2. The van der Waals surface area contributed by atoms with Crippen LogP contribution in [-0.2, 0) is 6.54 Å². The lowest BCUT2D eigenvalue weighted by molar-refractivity contribution is 0.216. The maximum atomic E-state index is 6.09. The van der Waals surface area contributed by atoms with E-state index < -0.39 is 0 Å². The van der Waals surface area contributed by atoms with Crippen molar-refractivity contribution in [2.45, 2.75) is 19.1 Å². The van der Waals surface area contributed by atoms with Crippen LogP contribution in [0.2, 0.25) is 5.02 Å². The van der Waals surface area contributed by atoms with E-state index in [1.54, 1.807) is 6.20 Å². The molecule has 0 amide bonds. The number of pyridine rings is 2. The van der Waals surface area contributed by atoms with Gasteiger partial charge in [-0.3, -0.25) is 0 Å². The summed E-state index contributed by atoms with van der Waals surface area (Å²) in [7, 11) is 0. The number of para-hydroxylation sites is 1. The molecule has 0 radical (unpaired) electrons. The van der Waals surface area contributed by atoms with E-state index in [9.17, 15) is 0 Å². The fourth-order valence-corrected chi connectivity index (χ4v) is 4.06. The van der Waals surface area contributed by atoms with Crippen LogP contribution in [-0.4, -0.2) is 29.2 Å². The van der Waals surface area contributed by atoms with Crippen molar-refractivity contribution in [3.05, 3.63) is 89.6 Å². The van der Waals surface area contributed by atoms with Crippen molar-refractivity contribution in [2.24, 2.45) is 0 Å². The van der Waals surface area contributed by atoms with Gasteiger partial charge in [0, 0.05) is 53.9 Å². The summed E-state index contributed by atoms with van der Waals surface area (Å²) >= 11 is 6.00. The zero-order valence-electron chi connectivity index (χ0n) is 17.4. The van der Waals surface area contributed by atoms with Gasteiger partial charge in [0.2, 0.25) is 5.88 Å². The highest BCUT2D eigenvalue weighted by Gasteiger charge is 2.26. The summed E-state index contributed by atoms with van der Waals surface area (Å²) < 4.78 is 6.09. The summed E-state index contributed by atoms with van der Waals surface area (Å²) in [6.45, 7) is 2.44. The first kappa shape index (κ1) is 22.2. The van der Waals surface area contributed by atoms with E-state index >= 15 is 0 Å². The lowest BCUT2D eigenvalue weighted by Crippen LogP contribution is -2.25. The van der Waals surface area contributed by atoms with Gasteiger partial charge < -0.3 is 15.0 Å². The maximum Gasteiger partial charge on any atom is 0.213 e. The fraction of sp³-hybridized carbons (Fsp3) is 0.200. The quantitative estimate of drug-likeness (QED) is 0.378. The molecule has 7 heteroatoms. The second kappa shape index (κ2) is 10.1. The van der Waals surface area contributed by atoms with Crippen molar-refractivity contribution in [1.82, 2.24) is 9.97 Å². The molecule has 2 aromatic heterocycles. The molecular formula is C25H24Cl2N4O. The normalized spacial score (nSPS) is 15.4. The van der Waals surface area contributed by atoms with E-state index in [-0.39, 0.29) is 18.5 Å². The van der Waals surface area contributed by atoms with E-state index in [4.69, 9.17) is 21.3 Å². The summed E-state index contributed by atoms with van der Waals surface area (Å²) in [5, 5.41) is 5.36. The Kier molecular flexibility index (Phi) is 6.98. The molecule has 164 valence electrons. The molecule has 32 heavy (non-hydrogen) atoms. The van der Waals surface area contributed by atoms with Gasteiger partial charge >= 0.3 is 0 Å². The zero-order valence-corrected chi connectivity index (χ0v) is 19.0. The van der Waals surface area contributed by atoms with E-state index in [1.165, 1.54) is 5.69 Å². The van der Waals surface area contributed by atoms with Gasteiger partial charge in [-0.25, -0.2) is 9.97 Å². The lowest BCUT2D eigenvalue weighted by atomic mass is 10.1. The first-order chi connectivity index (χ1) is 15.2. The minimum absolute atomic E-state index is 0. The van der Waals surface area contributed by atoms with Gasteiger partial charge in [0.1, 0.15) is 11.9 Å². The van der Waals surface area contributed by atoms with Gasteiger partial charge in [-0.2, -0.15) is 0 Å². The maximum absolute atomic E-state index is 6.09. The molecule has 0 spiro atoms. The number of ether oxygens (including phenoxy) is 1. The smallest absolute Gasteiger partial charge is 0.213 e. The number of nitrogens with zero attached hydrogens (tertiary/aromatic N) is 3. The molecule has 4 aromatic rings. The second-order valence-electron chi connectivity index (χ2n) is 7.67. The van der Waals surface area contributed by atoms with Crippen molar-refractivity contribution in [1.29, 1.82) is 0 Å². The van der Waals surface area contributed by atoms with E-state index in [0.717, 1.165) is 46.8 Å². The van der Waals surface area contributed by atoms with Gasteiger partial charge in [0.05, 0.1) is 12.1 Å². The molecular weight excluding hydrogens is 443 g/mol. The highest BCUT2D eigenvalue weighted by molar-refractivity contribution is 6.30. The Labute approximate surface area is 198 Å². The lowest BCUT2D eigenvalue weighted by Gasteiger charge is -2.22. The highest BCUT2D eigenvalue weighted by atomic mass is 35.5. The number of nitrogens with one attached hydrogen (secondary N) is 1. The van der Waals surface area contributed by atoms with Crippen LogP contribution in [0.5, 0.6) is 5.88 Å². The zero-order chi connectivity index (χ0) is 21.0. The number of fused-ring (bicyclic) bond motifs is 1. The second-order valence-corrected chi connectivity index (χ2v) is 8.10. The first-order valence-electron chi connectivity index (χ1n) is 10.5. The topological polar surface area (TPSA) is 50.3 Å². The van der Waals surface area contributed by atoms with Crippen LogP contribution in [0.1, 0.15) is 12.0 Å². The number of aromatic nitrogens is 2. The average Bonchev–Trinajstić information content (AvgIpc) is 3.27. The Balaban J connectivity index is 0.00000245. The molecule has 5 rings (SSSR count). The Morgan fingerprint density at radius 2 is 1.84 bits per heavy atom. The summed E-state index contributed by atoms with van der Waals surface area (Å²) in [5.41, 5.74) is 3.31. The van der Waals surface area contributed by atoms with Gasteiger partial charge in [0.25, 0.3) is 0 Å². The molecule has 1 unspecified atom stereocenters. The van der Waals surface area contributed by atoms with Gasteiger partial charge in [-0.15, -0.1) is 12.4 Å². The highest BCUT2D eigenvalue weighted by Crippen LogP contribution is 2.32. The van der Waals surface area contributed by atoms with Crippen molar-refractivity contribution < 1.29 is 4.74 Å². The molecule has 1 atom stereocenters. The Morgan fingerprint density at radius 3 is 2.66 bits per heavy atom. The van der Waals surface area contributed by atoms with Crippen molar-refractivity contribution in [2.75, 3.05) is 23.3 Å². The molecule has 1 aliphatic rings. The minimum atomic E-state index is 0. The van der Waals surface area contributed by atoms with Crippen LogP contribution in [0.3, 0.4) is 0 Å². The number of hydrogen-bond donors (Lipinski definition) is 1. The Morgan fingerprint density at radius 1 is 1.03 bits per heavy atom. The molecule has 2 aromatic carbocycles. The van der Waals surface area contributed by atoms with Crippen LogP contribution in [0, 0.1) is 0 Å². The van der Waals surface area contributed by atoms with E-state index in [0.29, 0.717) is 12.4 Å². The minimum Gasteiger partial charge on any atom is -0.472 e. The molecule has 0 bridgehead atoms. The third kappa shape index (κ3) is 5.06. The molecule has 1 N–H and O–H groups in total. The molecule has 0 saturated carbocycles. The Bertz CT molecular complexity index is 1170. The van der Waals surface area contributed by atoms with Gasteiger partial charge in [-0.05, 0) is 29.8 Å². The van der Waals surface area contributed by atoms with Crippen LogP contribution in [0.25, 0.3) is 10.9 Å². The molecule has 1 saturated heterocycles. The molecule has 0 aliphatic carbocycles. The summed E-state index contributed by atoms with van der Waals surface area (Å²) in [5.74, 6) is 1.54. The number of rotatable bonds is 6. The monoisotopic (exact) mass is 466 g/mol. The molecule has 1 fully saturated rings. The van der Waals surface area contributed by atoms with Gasteiger partial charge in [0.15, 0.2) is 0 Å². The first-order valence-corrected chi connectivity index (χ1v) is 10.8. The largest absolute Gasteiger partial charge is 0.472 e. The third-order valence-corrected chi connectivity index (χ3v) is 5.74. The summed E-state index contributed by atoms with van der Waals surface area (Å²) in [6, 6.07) is 24.0. The van der Waals surface area contributed by atoms with Crippen molar-refractivity contribution in [3.63, 3.8) is 0 Å². The van der Waals surface area contributed by atoms with Crippen LogP contribution in [0.15, 0.2) is 79.0 Å². The van der Waals surface area contributed by atoms with E-state index in [2.05, 4.69) is 39.5 Å². The number of benzene rings is 2. The number of anilines is 2. The average molecular weight is 467 g/mol.